The molecule has 0 spiro atoms. The van der Waals surface area contributed by atoms with Crippen LogP contribution in [0.1, 0.15) is 5.56 Å². The van der Waals surface area contributed by atoms with Crippen molar-refractivity contribution in [1.82, 2.24) is 4.90 Å². The van der Waals surface area contributed by atoms with E-state index in [1.165, 1.54) is 19.2 Å². The highest BCUT2D eigenvalue weighted by Crippen LogP contribution is 2.31. The molecule has 1 aliphatic heterocycles. The van der Waals surface area contributed by atoms with Crippen LogP contribution < -0.4 is 10.2 Å². The Kier molecular flexibility index (Phi) is 6.23. The molecule has 1 aliphatic rings. The van der Waals surface area contributed by atoms with Gasteiger partial charge in [0.25, 0.3) is 5.91 Å². The summed E-state index contributed by atoms with van der Waals surface area (Å²) in [6.45, 7) is 0. The molecule has 1 fully saturated rings. The summed E-state index contributed by atoms with van der Waals surface area (Å²) < 4.78 is 38.2. The lowest BCUT2D eigenvalue weighted by Crippen LogP contribution is -2.34. The second kappa shape index (κ2) is 8.53. The van der Waals surface area contributed by atoms with Crippen LogP contribution in [-0.4, -0.2) is 41.8 Å². The summed E-state index contributed by atoms with van der Waals surface area (Å²) in [5, 5.41) is 3.08. The van der Waals surface area contributed by atoms with E-state index in [9.17, 15) is 22.8 Å². The summed E-state index contributed by atoms with van der Waals surface area (Å²) in [6, 6.07) is 10.1. The van der Waals surface area contributed by atoms with Gasteiger partial charge in [0.1, 0.15) is 6.17 Å². The topological polar surface area (TPSA) is 65.0 Å². The first kappa shape index (κ1) is 21.9. The largest absolute Gasteiger partial charge is 0.416 e. The molecule has 30 heavy (non-hydrogen) atoms. The quantitative estimate of drug-likeness (QED) is 0.515. The summed E-state index contributed by atoms with van der Waals surface area (Å²) >= 11 is 12.1. The summed E-state index contributed by atoms with van der Waals surface area (Å²) in [6.07, 6.45) is -5.35. The monoisotopic (exact) mass is 458 g/mol. The summed E-state index contributed by atoms with van der Waals surface area (Å²) in [5.74, 6) is -0.989. The number of alkyl halides is 4. The van der Waals surface area contributed by atoms with Crippen molar-refractivity contribution >= 4 is 52.4 Å². The number of amides is 3. The zero-order valence-electron chi connectivity index (χ0n) is 15.5. The van der Waals surface area contributed by atoms with Gasteiger partial charge >= 0.3 is 12.2 Å². The van der Waals surface area contributed by atoms with Gasteiger partial charge in [-0.25, -0.2) is 14.7 Å². The number of carbonyl (C=O) groups excluding carboxylic acids is 2. The van der Waals surface area contributed by atoms with E-state index in [1.54, 1.807) is 24.3 Å². The highest BCUT2D eigenvalue weighted by Gasteiger charge is 2.42. The number of imide groups is 1. The van der Waals surface area contributed by atoms with Gasteiger partial charge in [-0.1, -0.05) is 23.7 Å². The molecule has 3 rings (SSSR count). The number of likely N-dealkylation sites (N-methyl/N-ethyl adjacent to an activating group) is 1. The minimum Gasteiger partial charge on any atom is -0.363 e. The average Bonchev–Trinajstić information content (AvgIpc) is 2.91. The lowest BCUT2D eigenvalue weighted by Gasteiger charge is -2.19. The summed E-state index contributed by atoms with van der Waals surface area (Å²) in [4.78, 5) is 31.3. The highest BCUT2D eigenvalue weighted by atomic mass is 35.5. The Bertz CT molecular complexity index is 996. The molecule has 0 radical (unpaired) electrons. The van der Waals surface area contributed by atoms with E-state index in [0.717, 1.165) is 21.9 Å². The Labute approximate surface area is 179 Å². The molecule has 1 atom stereocenters. The fraction of sp³-hybridized carbons (Fsp3) is 0.211. The molecule has 1 saturated heterocycles. The summed E-state index contributed by atoms with van der Waals surface area (Å²) in [7, 11) is 1.30. The van der Waals surface area contributed by atoms with E-state index in [-0.39, 0.29) is 22.4 Å². The van der Waals surface area contributed by atoms with Gasteiger partial charge in [0.15, 0.2) is 0 Å². The maximum Gasteiger partial charge on any atom is 0.416 e. The van der Waals surface area contributed by atoms with Crippen LogP contribution in [-0.2, 0) is 11.0 Å². The van der Waals surface area contributed by atoms with Crippen molar-refractivity contribution in [2.75, 3.05) is 23.1 Å². The van der Waals surface area contributed by atoms with E-state index in [2.05, 4.69) is 10.3 Å². The van der Waals surface area contributed by atoms with Crippen molar-refractivity contribution < 1.29 is 22.8 Å². The first-order chi connectivity index (χ1) is 14.1. The number of hydrogen-bond donors (Lipinski definition) is 1. The average molecular weight is 459 g/mol. The molecule has 158 valence electrons. The van der Waals surface area contributed by atoms with E-state index >= 15 is 0 Å². The molecule has 0 bridgehead atoms. The number of aliphatic imine (C=N–C) groups is 1. The predicted octanol–water partition coefficient (Wildman–Crippen LogP) is 4.83. The normalized spacial score (nSPS) is 17.1. The number of carbonyl (C=O) groups is 2. The van der Waals surface area contributed by atoms with Crippen LogP contribution >= 0.6 is 23.2 Å². The first-order valence-electron chi connectivity index (χ1n) is 8.57. The second-order valence-corrected chi connectivity index (χ2v) is 6.99. The zero-order chi connectivity index (χ0) is 22.1. The number of anilines is 2. The number of hydrogen-bond acceptors (Lipinski definition) is 4. The van der Waals surface area contributed by atoms with Gasteiger partial charge in [0.2, 0.25) is 5.84 Å². The minimum atomic E-state index is -4.46. The maximum atomic E-state index is 12.7. The molecule has 2 aromatic rings. The third-order valence-corrected chi connectivity index (χ3v) is 4.86. The van der Waals surface area contributed by atoms with E-state index in [4.69, 9.17) is 23.2 Å². The number of nitrogens with one attached hydrogen (secondary N) is 1. The second-order valence-electron chi connectivity index (χ2n) is 6.28. The maximum absolute atomic E-state index is 12.7. The SMILES string of the molecule is CN1C(=O)C(=NC(CCl)Nc2ccc(C(F)(F)F)cc2)N(c2ccccc2Cl)C1=O. The molecule has 0 aliphatic carbocycles. The van der Waals surface area contributed by atoms with Gasteiger partial charge < -0.3 is 5.32 Å². The zero-order valence-corrected chi connectivity index (χ0v) is 17.0. The Morgan fingerprint density at radius 3 is 2.30 bits per heavy atom. The van der Waals surface area contributed by atoms with Crippen molar-refractivity contribution in [3.8, 4) is 0 Å². The fourth-order valence-corrected chi connectivity index (χ4v) is 3.10. The molecule has 11 heteroatoms. The van der Waals surface area contributed by atoms with Crippen LogP contribution in [0.25, 0.3) is 0 Å². The number of urea groups is 1. The Hall–Kier alpha value is -2.78. The number of halogens is 5. The third-order valence-electron chi connectivity index (χ3n) is 4.25. The molecule has 0 aromatic heterocycles. The minimum absolute atomic E-state index is 0.119. The molecular weight excluding hydrogens is 444 g/mol. The highest BCUT2D eigenvalue weighted by molar-refractivity contribution is 6.55. The van der Waals surface area contributed by atoms with Gasteiger partial charge in [-0.2, -0.15) is 13.2 Å². The molecule has 0 saturated carbocycles. The number of rotatable bonds is 5. The Morgan fingerprint density at radius 2 is 1.73 bits per heavy atom. The van der Waals surface area contributed by atoms with E-state index in [1.807, 2.05) is 0 Å². The molecule has 3 amide bonds. The van der Waals surface area contributed by atoms with Crippen molar-refractivity contribution in [3.05, 3.63) is 59.1 Å². The molecule has 2 aromatic carbocycles. The van der Waals surface area contributed by atoms with Gasteiger partial charge in [-0.05, 0) is 36.4 Å². The number of benzene rings is 2. The van der Waals surface area contributed by atoms with Gasteiger partial charge in [-0.15, -0.1) is 11.6 Å². The van der Waals surface area contributed by atoms with Crippen molar-refractivity contribution in [3.63, 3.8) is 0 Å². The molecule has 1 N–H and O–H groups in total. The Balaban J connectivity index is 1.91. The number of para-hydroxylation sites is 1. The molecule has 1 unspecified atom stereocenters. The standard InChI is InChI=1S/C19H15Cl2F3N4O2/c1-27-17(29)16(28(18(27)30)14-5-3-2-4-13(14)21)26-15(10-20)25-12-8-6-11(7-9-12)19(22,23)24/h2-9,15,25H,10H2,1H3. The van der Waals surface area contributed by atoms with Gasteiger partial charge in [0, 0.05) is 12.7 Å². The van der Waals surface area contributed by atoms with E-state index < -0.39 is 29.8 Å². The van der Waals surface area contributed by atoms with Gasteiger partial charge in [0.05, 0.1) is 22.2 Å². The number of nitrogens with zero attached hydrogens (tertiary/aromatic N) is 3. The fourth-order valence-electron chi connectivity index (χ4n) is 2.74. The Morgan fingerprint density at radius 1 is 1.10 bits per heavy atom. The van der Waals surface area contributed by atoms with Crippen molar-refractivity contribution in [2.24, 2.45) is 4.99 Å². The van der Waals surface area contributed by atoms with Crippen LogP contribution in [0.3, 0.4) is 0 Å². The van der Waals surface area contributed by atoms with Crippen LogP contribution in [0.15, 0.2) is 53.5 Å². The van der Waals surface area contributed by atoms with Crippen LogP contribution in [0, 0.1) is 0 Å². The van der Waals surface area contributed by atoms with Gasteiger partial charge in [-0.3, -0.25) is 9.69 Å². The van der Waals surface area contributed by atoms with E-state index in [0.29, 0.717) is 5.69 Å². The summed E-state index contributed by atoms with van der Waals surface area (Å²) in [5.41, 5.74) is -0.222. The predicted molar refractivity (Wildman–Crippen MR) is 109 cm³/mol. The first-order valence-corrected chi connectivity index (χ1v) is 9.49. The number of amidine groups is 1. The van der Waals surface area contributed by atoms with Crippen LogP contribution in [0.5, 0.6) is 0 Å². The molecule has 1 heterocycles. The van der Waals surface area contributed by atoms with Crippen LogP contribution in [0.2, 0.25) is 5.02 Å². The lowest BCUT2D eigenvalue weighted by molar-refractivity contribution is -0.137. The van der Waals surface area contributed by atoms with Crippen molar-refractivity contribution in [2.45, 2.75) is 12.3 Å². The smallest absolute Gasteiger partial charge is 0.363 e. The lowest BCUT2D eigenvalue weighted by atomic mass is 10.2. The third kappa shape index (κ3) is 4.36. The van der Waals surface area contributed by atoms with Crippen molar-refractivity contribution in [1.29, 1.82) is 0 Å². The van der Waals surface area contributed by atoms with Crippen LogP contribution in [0.4, 0.5) is 29.3 Å². The molecular formula is C19H15Cl2F3N4O2. The molecule has 6 nitrogen and oxygen atoms in total.